The Labute approximate surface area is 151 Å². The van der Waals surface area contributed by atoms with Crippen molar-refractivity contribution in [2.45, 2.75) is 26.0 Å². The second-order valence-corrected chi connectivity index (χ2v) is 6.29. The summed E-state index contributed by atoms with van der Waals surface area (Å²) in [5.74, 6) is 0.643. The summed E-state index contributed by atoms with van der Waals surface area (Å²) in [6.45, 7) is 3.15. The van der Waals surface area contributed by atoms with Gasteiger partial charge in [-0.2, -0.15) is 0 Å². The monoisotopic (exact) mass is 349 g/mol. The fourth-order valence-electron chi connectivity index (χ4n) is 3.15. The highest BCUT2D eigenvalue weighted by Crippen LogP contribution is 2.21. The van der Waals surface area contributed by atoms with Crippen molar-refractivity contribution in [3.8, 4) is 11.4 Å². The highest BCUT2D eigenvalue weighted by atomic mass is 16.5. The Balaban J connectivity index is 1.40. The lowest BCUT2D eigenvalue weighted by atomic mass is 9.99. The number of aromatic nitrogens is 4. The number of rotatable bonds is 4. The molecule has 0 aliphatic carbocycles. The molecule has 0 radical (unpaired) electrons. The van der Waals surface area contributed by atoms with Gasteiger partial charge in [-0.25, -0.2) is 4.68 Å². The van der Waals surface area contributed by atoms with E-state index < -0.39 is 6.10 Å². The van der Waals surface area contributed by atoms with E-state index in [-0.39, 0.29) is 5.91 Å². The van der Waals surface area contributed by atoms with Gasteiger partial charge in [-0.15, -0.1) is 5.10 Å². The minimum atomic E-state index is -0.542. The third kappa shape index (κ3) is 3.28. The molecule has 0 spiro atoms. The molecule has 0 fully saturated rings. The highest BCUT2D eigenvalue weighted by molar-refractivity contribution is 5.81. The number of carbonyl (C=O) groups excluding carboxylic acids is 1. The fraction of sp³-hybridized carbons (Fsp3) is 0.263. The Kier molecular flexibility index (Phi) is 4.35. The van der Waals surface area contributed by atoms with Crippen LogP contribution in [0.25, 0.3) is 5.69 Å². The lowest BCUT2D eigenvalue weighted by molar-refractivity contribution is -0.138. The van der Waals surface area contributed by atoms with Gasteiger partial charge < -0.3 is 9.64 Å². The predicted molar refractivity (Wildman–Crippen MR) is 94.8 cm³/mol. The SMILES string of the molecule is C[C@@H](Oc1ccc(-n2cnnn2)cc1)C(=O)N1CCc2ccccc2C1. The van der Waals surface area contributed by atoms with Crippen LogP contribution in [-0.4, -0.2) is 43.7 Å². The van der Waals surface area contributed by atoms with E-state index in [1.165, 1.54) is 17.5 Å². The zero-order chi connectivity index (χ0) is 17.9. The van der Waals surface area contributed by atoms with Crippen molar-refractivity contribution in [2.75, 3.05) is 6.54 Å². The maximum absolute atomic E-state index is 12.7. The molecule has 2 heterocycles. The Morgan fingerprint density at radius 3 is 2.62 bits per heavy atom. The smallest absolute Gasteiger partial charge is 0.263 e. The van der Waals surface area contributed by atoms with Gasteiger partial charge in [0.05, 0.1) is 5.69 Å². The summed E-state index contributed by atoms with van der Waals surface area (Å²) in [4.78, 5) is 14.6. The Bertz CT molecular complexity index is 893. The van der Waals surface area contributed by atoms with Crippen LogP contribution in [0.3, 0.4) is 0 Å². The molecule has 1 aliphatic rings. The van der Waals surface area contributed by atoms with Gasteiger partial charge in [-0.05, 0) is 59.2 Å². The number of benzene rings is 2. The minimum absolute atomic E-state index is 0.00376. The minimum Gasteiger partial charge on any atom is -0.481 e. The number of ether oxygens (including phenoxy) is 1. The molecule has 1 atom stereocenters. The summed E-state index contributed by atoms with van der Waals surface area (Å²) in [5, 5.41) is 11.1. The van der Waals surface area contributed by atoms with Gasteiger partial charge in [0.25, 0.3) is 5.91 Å². The Morgan fingerprint density at radius 1 is 1.12 bits per heavy atom. The van der Waals surface area contributed by atoms with Crippen LogP contribution in [0.4, 0.5) is 0 Å². The lowest BCUT2D eigenvalue weighted by Gasteiger charge is -2.31. The standard InChI is InChI=1S/C19H19N5O2/c1-14(19(25)23-11-10-15-4-2-3-5-16(15)12-23)26-18-8-6-17(7-9-18)24-13-20-21-22-24/h2-9,13-14H,10-12H2,1H3/t14-/m1/s1. The van der Waals surface area contributed by atoms with Crippen LogP contribution in [0.5, 0.6) is 5.75 Å². The number of nitrogens with zero attached hydrogens (tertiary/aromatic N) is 5. The van der Waals surface area contributed by atoms with Crippen LogP contribution in [0.2, 0.25) is 0 Å². The molecule has 0 N–H and O–H groups in total. The molecular formula is C19H19N5O2. The Hall–Kier alpha value is -3.22. The highest BCUT2D eigenvalue weighted by Gasteiger charge is 2.25. The van der Waals surface area contributed by atoms with Crippen molar-refractivity contribution in [2.24, 2.45) is 0 Å². The quantitative estimate of drug-likeness (QED) is 0.720. The molecule has 0 unspecified atom stereocenters. The molecule has 0 saturated carbocycles. The molecule has 1 aromatic heterocycles. The number of tetrazole rings is 1. The van der Waals surface area contributed by atoms with Gasteiger partial charge in [-0.1, -0.05) is 24.3 Å². The van der Waals surface area contributed by atoms with Crippen LogP contribution >= 0.6 is 0 Å². The van der Waals surface area contributed by atoms with Crippen LogP contribution in [-0.2, 0) is 17.8 Å². The fourth-order valence-corrected chi connectivity index (χ4v) is 3.15. The van der Waals surface area contributed by atoms with Crippen LogP contribution in [0.1, 0.15) is 18.1 Å². The van der Waals surface area contributed by atoms with Crippen molar-refractivity contribution < 1.29 is 9.53 Å². The van der Waals surface area contributed by atoms with E-state index in [0.717, 1.165) is 18.7 Å². The normalized spacial score (nSPS) is 14.6. The van der Waals surface area contributed by atoms with Gasteiger partial charge in [0.1, 0.15) is 12.1 Å². The van der Waals surface area contributed by atoms with Gasteiger partial charge in [0, 0.05) is 13.1 Å². The second-order valence-electron chi connectivity index (χ2n) is 6.29. The number of hydrogen-bond acceptors (Lipinski definition) is 5. The van der Waals surface area contributed by atoms with Crippen LogP contribution in [0, 0.1) is 0 Å². The lowest BCUT2D eigenvalue weighted by Crippen LogP contribution is -2.43. The molecule has 1 aliphatic heterocycles. The first-order chi connectivity index (χ1) is 12.7. The van der Waals surface area contributed by atoms with E-state index >= 15 is 0 Å². The first-order valence-electron chi connectivity index (χ1n) is 8.56. The Morgan fingerprint density at radius 2 is 1.88 bits per heavy atom. The zero-order valence-corrected chi connectivity index (χ0v) is 14.4. The summed E-state index contributed by atoms with van der Waals surface area (Å²) < 4.78 is 7.40. The van der Waals surface area contributed by atoms with Gasteiger partial charge in [0.2, 0.25) is 0 Å². The molecule has 7 nitrogen and oxygen atoms in total. The largest absolute Gasteiger partial charge is 0.481 e. The van der Waals surface area contributed by atoms with Crippen molar-refractivity contribution in [3.05, 3.63) is 66.0 Å². The molecule has 26 heavy (non-hydrogen) atoms. The summed E-state index contributed by atoms with van der Waals surface area (Å²) in [6.07, 6.45) is 1.87. The molecule has 0 bridgehead atoms. The third-order valence-electron chi connectivity index (χ3n) is 4.55. The van der Waals surface area contributed by atoms with Crippen molar-refractivity contribution in [1.82, 2.24) is 25.1 Å². The number of hydrogen-bond donors (Lipinski definition) is 0. The predicted octanol–water partition coefficient (Wildman–Crippen LogP) is 2.01. The zero-order valence-electron chi connectivity index (χ0n) is 14.4. The molecule has 7 heteroatoms. The average Bonchev–Trinajstić information content (AvgIpc) is 3.22. The molecule has 4 rings (SSSR count). The molecule has 2 aromatic carbocycles. The summed E-state index contributed by atoms with van der Waals surface area (Å²) in [7, 11) is 0. The van der Waals surface area contributed by atoms with E-state index in [1.807, 2.05) is 41.3 Å². The van der Waals surface area contributed by atoms with Crippen molar-refractivity contribution >= 4 is 5.91 Å². The van der Waals surface area contributed by atoms with E-state index in [4.69, 9.17) is 4.74 Å². The topological polar surface area (TPSA) is 73.1 Å². The van der Waals surface area contributed by atoms with Crippen molar-refractivity contribution in [3.63, 3.8) is 0 Å². The van der Waals surface area contributed by atoms with Gasteiger partial charge in [-0.3, -0.25) is 4.79 Å². The maximum Gasteiger partial charge on any atom is 0.263 e. The molecule has 3 aromatic rings. The van der Waals surface area contributed by atoms with E-state index in [9.17, 15) is 4.79 Å². The van der Waals surface area contributed by atoms with E-state index in [2.05, 4.69) is 27.7 Å². The van der Waals surface area contributed by atoms with Crippen LogP contribution < -0.4 is 4.74 Å². The first kappa shape index (κ1) is 16.3. The van der Waals surface area contributed by atoms with Crippen molar-refractivity contribution in [1.29, 1.82) is 0 Å². The van der Waals surface area contributed by atoms with E-state index in [0.29, 0.717) is 12.3 Å². The van der Waals surface area contributed by atoms with Crippen LogP contribution in [0.15, 0.2) is 54.9 Å². The number of carbonyl (C=O) groups is 1. The first-order valence-corrected chi connectivity index (χ1v) is 8.56. The van der Waals surface area contributed by atoms with Gasteiger partial charge >= 0.3 is 0 Å². The van der Waals surface area contributed by atoms with E-state index in [1.54, 1.807) is 11.6 Å². The summed E-state index contributed by atoms with van der Waals surface area (Å²) >= 11 is 0. The summed E-state index contributed by atoms with van der Waals surface area (Å²) in [5.41, 5.74) is 3.36. The molecule has 0 saturated heterocycles. The van der Waals surface area contributed by atoms with Gasteiger partial charge in [0.15, 0.2) is 6.10 Å². The molecule has 1 amide bonds. The molecular weight excluding hydrogens is 330 g/mol. The third-order valence-corrected chi connectivity index (χ3v) is 4.55. The number of amides is 1. The average molecular weight is 349 g/mol. The number of fused-ring (bicyclic) bond motifs is 1. The molecule has 132 valence electrons. The second kappa shape index (κ2) is 6.95. The maximum atomic E-state index is 12.7. The summed E-state index contributed by atoms with van der Waals surface area (Å²) in [6, 6.07) is 15.6.